The van der Waals surface area contributed by atoms with E-state index in [2.05, 4.69) is 34.9 Å². The molecule has 1 N–H and O–H groups in total. The summed E-state index contributed by atoms with van der Waals surface area (Å²) < 4.78 is 15.4. The van der Waals surface area contributed by atoms with Crippen LogP contribution in [0.5, 0.6) is 0 Å². The molecule has 0 atom stereocenters. The average Bonchev–Trinajstić information content (AvgIpc) is 2.95. The van der Waals surface area contributed by atoms with Crippen LogP contribution in [0.1, 0.15) is 30.9 Å². The Morgan fingerprint density at radius 1 is 1.04 bits per heavy atom. The Balaban J connectivity index is 1.33. The monoisotopic (exact) mass is 385 g/mol. The third-order valence-corrected chi connectivity index (χ3v) is 5.57. The molecule has 7 nitrogen and oxygen atoms in total. The van der Waals surface area contributed by atoms with Crippen LogP contribution >= 0.6 is 0 Å². The Kier molecular flexibility index (Phi) is 5.73. The van der Waals surface area contributed by atoms with E-state index in [1.54, 1.807) is 0 Å². The molecule has 0 aliphatic carbocycles. The summed E-state index contributed by atoms with van der Waals surface area (Å²) in [6.07, 6.45) is 4.67. The van der Waals surface area contributed by atoms with E-state index in [1.807, 2.05) is 19.2 Å². The van der Waals surface area contributed by atoms with Crippen LogP contribution in [0.2, 0.25) is 0 Å². The number of piperazine rings is 1. The van der Waals surface area contributed by atoms with Crippen molar-refractivity contribution in [3.05, 3.63) is 41.7 Å². The lowest BCUT2D eigenvalue weighted by Crippen LogP contribution is -2.52. The van der Waals surface area contributed by atoms with Crippen molar-refractivity contribution < 1.29 is 4.39 Å². The maximum Gasteiger partial charge on any atom is 0.194 e. The van der Waals surface area contributed by atoms with Gasteiger partial charge in [-0.3, -0.25) is 4.99 Å². The van der Waals surface area contributed by atoms with Gasteiger partial charge in [-0.2, -0.15) is 0 Å². The molecule has 0 radical (unpaired) electrons. The zero-order valence-electron chi connectivity index (χ0n) is 16.4. The SMILES string of the molecule is CN=C(NCc1nnc2n1CCCCC2)N1CCN(c2ccc(F)cc2)CC1. The number of nitrogens with zero attached hydrogens (tertiary/aromatic N) is 6. The molecule has 1 aromatic carbocycles. The summed E-state index contributed by atoms with van der Waals surface area (Å²) in [7, 11) is 1.82. The van der Waals surface area contributed by atoms with Crippen molar-refractivity contribution in [1.82, 2.24) is 25.0 Å². The maximum atomic E-state index is 13.1. The summed E-state index contributed by atoms with van der Waals surface area (Å²) in [5, 5.41) is 12.2. The van der Waals surface area contributed by atoms with Crippen LogP contribution in [-0.4, -0.2) is 58.9 Å². The van der Waals surface area contributed by atoms with Crippen molar-refractivity contribution >= 4 is 11.6 Å². The smallest absolute Gasteiger partial charge is 0.194 e. The van der Waals surface area contributed by atoms with Gasteiger partial charge < -0.3 is 19.7 Å². The lowest BCUT2D eigenvalue weighted by Gasteiger charge is -2.37. The molecule has 1 saturated heterocycles. The maximum absolute atomic E-state index is 13.1. The molecule has 8 heteroatoms. The Hall–Kier alpha value is -2.64. The summed E-state index contributed by atoms with van der Waals surface area (Å²) in [6, 6.07) is 6.72. The number of nitrogens with one attached hydrogen (secondary N) is 1. The van der Waals surface area contributed by atoms with E-state index < -0.39 is 0 Å². The van der Waals surface area contributed by atoms with Gasteiger partial charge in [0.25, 0.3) is 0 Å². The lowest BCUT2D eigenvalue weighted by molar-refractivity contribution is 0.371. The summed E-state index contributed by atoms with van der Waals surface area (Å²) in [6.45, 7) is 5.15. The molecule has 0 spiro atoms. The Bertz CT molecular complexity index is 806. The number of rotatable bonds is 3. The predicted octanol–water partition coefficient (Wildman–Crippen LogP) is 2.04. The van der Waals surface area contributed by atoms with Crippen molar-refractivity contribution in [2.45, 2.75) is 38.8 Å². The molecule has 3 heterocycles. The Morgan fingerprint density at radius 2 is 1.82 bits per heavy atom. The lowest BCUT2D eigenvalue weighted by atomic mass is 10.2. The fourth-order valence-electron chi connectivity index (χ4n) is 3.99. The average molecular weight is 385 g/mol. The minimum Gasteiger partial charge on any atom is -0.368 e. The number of guanidine groups is 1. The number of anilines is 1. The molecular formula is C20H28FN7. The Morgan fingerprint density at radius 3 is 2.57 bits per heavy atom. The molecule has 1 fully saturated rings. The van der Waals surface area contributed by atoms with Gasteiger partial charge in [-0.15, -0.1) is 10.2 Å². The van der Waals surface area contributed by atoms with Crippen LogP contribution in [0.4, 0.5) is 10.1 Å². The largest absolute Gasteiger partial charge is 0.368 e. The molecule has 0 saturated carbocycles. The number of hydrogen-bond donors (Lipinski definition) is 1. The van der Waals surface area contributed by atoms with E-state index in [4.69, 9.17) is 0 Å². The first-order valence-electron chi connectivity index (χ1n) is 10.1. The van der Waals surface area contributed by atoms with E-state index in [1.165, 1.54) is 31.4 Å². The summed E-state index contributed by atoms with van der Waals surface area (Å²) in [5.74, 6) is 2.79. The van der Waals surface area contributed by atoms with Crippen LogP contribution in [-0.2, 0) is 19.5 Å². The number of aryl methyl sites for hydroxylation is 1. The van der Waals surface area contributed by atoms with Crippen molar-refractivity contribution in [2.24, 2.45) is 4.99 Å². The second-order valence-corrected chi connectivity index (χ2v) is 7.35. The summed E-state index contributed by atoms with van der Waals surface area (Å²) in [4.78, 5) is 9.00. The number of fused-ring (bicyclic) bond motifs is 1. The highest BCUT2D eigenvalue weighted by Crippen LogP contribution is 2.17. The van der Waals surface area contributed by atoms with Gasteiger partial charge >= 0.3 is 0 Å². The highest BCUT2D eigenvalue weighted by Gasteiger charge is 2.21. The number of halogens is 1. The van der Waals surface area contributed by atoms with Crippen LogP contribution in [0.15, 0.2) is 29.3 Å². The van der Waals surface area contributed by atoms with Crippen molar-refractivity contribution in [2.75, 3.05) is 38.1 Å². The first kappa shape index (κ1) is 18.7. The van der Waals surface area contributed by atoms with Gasteiger partial charge in [0.15, 0.2) is 11.8 Å². The quantitative estimate of drug-likeness (QED) is 0.647. The highest BCUT2D eigenvalue weighted by atomic mass is 19.1. The van der Waals surface area contributed by atoms with E-state index in [0.29, 0.717) is 6.54 Å². The van der Waals surface area contributed by atoms with Gasteiger partial charge in [-0.25, -0.2) is 4.39 Å². The second-order valence-electron chi connectivity index (χ2n) is 7.35. The minimum atomic E-state index is -0.196. The van der Waals surface area contributed by atoms with Crippen LogP contribution in [0, 0.1) is 5.82 Å². The number of benzene rings is 1. The predicted molar refractivity (Wildman–Crippen MR) is 108 cm³/mol. The molecular weight excluding hydrogens is 357 g/mol. The minimum absolute atomic E-state index is 0.196. The van der Waals surface area contributed by atoms with E-state index in [-0.39, 0.29) is 5.82 Å². The van der Waals surface area contributed by atoms with E-state index >= 15 is 0 Å². The third kappa shape index (κ3) is 4.10. The highest BCUT2D eigenvalue weighted by molar-refractivity contribution is 5.80. The fraction of sp³-hybridized carbons (Fsp3) is 0.550. The number of aromatic nitrogens is 3. The van der Waals surface area contributed by atoms with Gasteiger partial charge in [-0.05, 0) is 37.1 Å². The fourth-order valence-corrected chi connectivity index (χ4v) is 3.99. The third-order valence-electron chi connectivity index (χ3n) is 5.57. The van der Waals surface area contributed by atoms with Gasteiger partial charge in [0.2, 0.25) is 0 Å². The van der Waals surface area contributed by atoms with Gasteiger partial charge in [0.05, 0.1) is 6.54 Å². The van der Waals surface area contributed by atoms with E-state index in [9.17, 15) is 4.39 Å². The molecule has 0 amide bonds. The van der Waals surface area contributed by atoms with Crippen LogP contribution < -0.4 is 10.2 Å². The van der Waals surface area contributed by atoms with Gasteiger partial charge in [-0.1, -0.05) is 6.42 Å². The van der Waals surface area contributed by atoms with Crippen LogP contribution in [0.25, 0.3) is 0 Å². The molecule has 0 unspecified atom stereocenters. The first-order chi connectivity index (χ1) is 13.7. The zero-order chi connectivity index (χ0) is 19.3. The summed E-state index contributed by atoms with van der Waals surface area (Å²) >= 11 is 0. The molecule has 2 aliphatic heterocycles. The zero-order valence-corrected chi connectivity index (χ0v) is 16.4. The molecule has 2 aromatic rings. The standard InChI is InChI=1S/C20H28FN7/c1-22-20(23-15-19-25-24-18-5-3-2-4-10-28(18)19)27-13-11-26(12-14-27)17-8-6-16(21)7-9-17/h6-9H,2-5,10-15H2,1H3,(H,22,23). The summed E-state index contributed by atoms with van der Waals surface area (Å²) in [5.41, 5.74) is 1.06. The first-order valence-corrected chi connectivity index (χ1v) is 10.1. The molecule has 1 aromatic heterocycles. The number of hydrogen-bond acceptors (Lipinski definition) is 4. The molecule has 2 aliphatic rings. The topological polar surface area (TPSA) is 61.6 Å². The second kappa shape index (κ2) is 8.58. The van der Waals surface area contributed by atoms with Gasteiger partial charge in [0.1, 0.15) is 11.6 Å². The number of aliphatic imine (C=N–C) groups is 1. The molecule has 28 heavy (non-hydrogen) atoms. The van der Waals surface area contributed by atoms with Crippen molar-refractivity contribution in [3.8, 4) is 0 Å². The molecule has 4 rings (SSSR count). The van der Waals surface area contributed by atoms with Gasteiger partial charge in [0, 0.05) is 51.9 Å². The van der Waals surface area contributed by atoms with Crippen molar-refractivity contribution in [3.63, 3.8) is 0 Å². The van der Waals surface area contributed by atoms with Crippen molar-refractivity contribution in [1.29, 1.82) is 0 Å². The van der Waals surface area contributed by atoms with E-state index in [0.717, 1.165) is 62.4 Å². The van der Waals surface area contributed by atoms with Crippen LogP contribution in [0.3, 0.4) is 0 Å². The normalized spacial score (nSPS) is 18.0. The molecule has 150 valence electrons. The molecule has 0 bridgehead atoms. The Labute approximate surface area is 165 Å².